The number of sulfonamides is 1. The monoisotopic (exact) mass is 271 g/mol. The zero-order chi connectivity index (χ0) is 13.2. The number of carbonyl (C=O) groups is 1. The molecular weight excluding hydrogens is 254 g/mol. The number of nitrogens with one attached hydrogen (secondary N) is 1. The Kier molecular flexibility index (Phi) is 3.72. The van der Waals surface area contributed by atoms with Crippen LogP contribution in [-0.2, 0) is 10.0 Å². The van der Waals surface area contributed by atoms with Crippen LogP contribution in [0, 0.1) is 0 Å². The average molecular weight is 271 g/mol. The van der Waals surface area contributed by atoms with E-state index in [-0.39, 0.29) is 11.7 Å². The lowest BCUT2D eigenvalue weighted by Crippen LogP contribution is -2.50. The van der Waals surface area contributed by atoms with E-state index in [4.69, 9.17) is 0 Å². The summed E-state index contributed by atoms with van der Waals surface area (Å²) in [5.74, 6) is 0.0333. The Morgan fingerprint density at radius 1 is 1.33 bits per heavy atom. The summed E-state index contributed by atoms with van der Waals surface area (Å²) in [4.78, 5) is 16.6. The molecule has 0 bridgehead atoms. The third kappa shape index (κ3) is 2.56. The maximum Gasteiger partial charge on any atom is 0.270 e. The summed E-state index contributed by atoms with van der Waals surface area (Å²) in [5, 5.41) is 0. The third-order valence-electron chi connectivity index (χ3n) is 3.11. The number of hydrogen-bond acceptors (Lipinski definition) is 3. The molecule has 1 aliphatic heterocycles. The number of carbonyl (C=O) groups excluding carboxylic acids is 1. The number of aromatic nitrogens is 1. The number of rotatable bonds is 3. The van der Waals surface area contributed by atoms with Crippen molar-refractivity contribution in [2.45, 2.75) is 6.92 Å². The van der Waals surface area contributed by atoms with Crippen molar-refractivity contribution in [1.29, 1.82) is 0 Å². The molecule has 1 amide bonds. The van der Waals surface area contributed by atoms with Gasteiger partial charge >= 0.3 is 0 Å². The first kappa shape index (κ1) is 13.1. The highest BCUT2D eigenvalue weighted by Crippen LogP contribution is 2.10. The molecule has 0 unspecified atom stereocenters. The Morgan fingerprint density at radius 3 is 2.50 bits per heavy atom. The van der Waals surface area contributed by atoms with Crippen LogP contribution in [0.2, 0.25) is 0 Å². The maximum atomic E-state index is 12.0. The Bertz CT molecular complexity index is 502. The molecule has 0 atom stereocenters. The van der Waals surface area contributed by atoms with Crippen LogP contribution in [0.1, 0.15) is 17.4 Å². The van der Waals surface area contributed by atoms with Gasteiger partial charge in [-0.1, -0.05) is 0 Å². The van der Waals surface area contributed by atoms with Gasteiger partial charge in [0.25, 0.3) is 5.91 Å². The lowest BCUT2D eigenvalue weighted by atomic mass is 10.3. The minimum absolute atomic E-state index is 0.0754. The molecule has 2 heterocycles. The summed E-state index contributed by atoms with van der Waals surface area (Å²) in [6, 6.07) is 3.49. The summed E-state index contributed by atoms with van der Waals surface area (Å²) in [6.45, 7) is 3.27. The molecule has 1 aromatic heterocycles. The van der Waals surface area contributed by atoms with Gasteiger partial charge in [-0.2, -0.15) is 4.31 Å². The SMILES string of the molecule is CCS(=O)(=O)N1CCN(C(=O)c2ccc[nH]2)CC1. The topological polar surface area (TPSA) is 73.5 Å². The van der Waals surface area contributed by atoms with E-state index in [0.29, 0.717) is 31.9 Å². The molecule has 6 nitrogen and oxygen atoms in total. The summed E-state index contributed by atoms with van der Waals surface area (Å²) >= 11 is 0. The van der Waals surface area contributed by atoms with Gasteiger partial charge in [0.05, 0.1) is 5.75 Å². The molecule has 7 heteroatoms. The standard InChI is InChI=1S/C11H17N3O3S/c1-2-18(16,17)14-8-6-13(7-9-14)11(15)10-4-3-5-12-10/h3-5,12H,2,6-9H2,1H3. The fourth-order valence-electron chi connectivity index (χ4n) is 1.99. The summed E-state index contributed by atoms with van der Waals surface area (Å²) in [6.07, 6.45) is 1.70. The van der Waals surface area contributed by atoms with Gasteiger partial charge in [-0.05, 0) is 19.1 Å². The van der Waals surface area contributed by atoms with Crippen LogP contribution >= 0.6 is 0 Å². The Labute approximate surface area is 107 Å². The Balaban J connectivity index is 1.97. The molecule has 1 N–H and O–H groups in total. The number of aromatic amines is 1. The van der Waals surface area contributed by atoms with E-state index < -0.39 is 10.0 Å². The van der Waals surface area contributed by atoms with Gasteiger partial charge in [0.1, 0.15) is 5.69 Å². The largest absolute Gasteiger partial charge is 0.357 e. The molecule has 0 spiro atoms. The van der Waals surface area contributed by atoms with Crippen LogP contribution in [0.5, 0.6) is 0 Å². The zero-order valence-corrected chi connectivity index (χ0v) is 11.1. The van der Waals surface area contributed by atoms with Gasteiger partial charge in [-0.15, -0.1) is 0 Å². The van der Waals surface area contributed by atoms with Crippen LogP contribution in [0.15, 0.2) is 18.3 Å². The second kappa shape index (κ2) is 5.11. The molecule has 0 aliphatic carbocycles. The van der Waals surface area contributed by atoms with E-state index in [1.165, 1.54) is 4.31 Å². The molecule has 0 aromatic carbocycles. The van der Waals surface area contributed by atoms with E-state index in [2.05, 4.69) is 4.98 Å². The van der Waals surface area contributed by atoms with Gasteiger partial charge < -0.3 is 9.88 Å². The highest BCUT2D eigenvalue weighted by atomic mass is 32.2. The first-order valence-corrected chi connectivity index (χ1v) is 7.56. The van der Waals surface area contributed by atoms with Crippen molar-refractivity contribution in [1.82, 2.24) is 14.2 Å². The van der Waals surface area contributed by atoms with E-state index in [1.807, 2.05) is 0 Å². The molecule has 1 aliphatic rings. The lowest BCUT2D eigenvalue weighted by molar-refractivity contribution is 0.0693. The number of piperazine rings is 1. The van der Waals surface area contributed by atoms with Gasteiger partial charge in [0, 0.05) is 32.4 Å². The lowest BCUT2D eigenvalue weighted by Gasteiger charge is -2.33. The third-order valence-corrected chi connectivity index (χ3v) is 4.99. The summed E-state index contributed by atoms with van der Waals surface area (Å²) < 4.78 is 24.8. The fourth-order valence-corrected chi connectivity index (χ4v) is 3.07. The number of nitrogens with zero attached hydrogens (tertiary/aromatic N) is 2. The van der Waals surface area contributed by atoms with E-state index in [1.54, 1.807) is 30.2 Å². The molecule has 100 valence electrons. The summed E-state index contributed by atoms with van der Waals surface area (Å²) in [5.41, 5.74) is 0.543. The normalized spacial score (nSPS) is 17.9. The number of H-pyrrole nitrogens is 1. The quantitative estimate of drug-likeness (QED) is 0.848. The van der Waals surface area contributed by atoms with Crippen molar-refractivity contribution < 1.29 is 13.2 Å². The molecule has 2 rings (SSSR count). The minimum atomic E-state index is -3.14. The van der Waals surface area contributed by atoms with Gasteiger partial charge in [0.15, 0.2) is 0 Å². The van der Waals surface area contributed by atoms with Gasteiger partial charge in [0.2, 0.25) is 10.0 Å². The van der Waals surface area contributed by atoms with E-state index >= 15 is 0 Å². The zero-order valence-electron chi connectivity index (χ0n) is 10.3. The molecule has 0 saturated carbocycles. The van der Waals surface area contributed by atoms with Crippen LogP contribution < -0.4 is 0 Å². The first-order chi connectivity index (χ1) is 8.54. The number of hydrogen-bond donors (Lipinski definition) is 1. The highest BCUT2D eigenvalue weighted by Gasteiger charge is 2.28. The molecule has 1 saturated heterocycles. The molecule has 1 aromatic rings. The first-order valence-electron chi connectivity index (χ1n) is 5.95. The van der Waals surface area contributed by atoms with E-state index in [0.717, 1.165) is 0 Å². The second-order valence-corrected chi connectivity index (χ2v) is 6.43. The van der Waals surface area contributed by atoms with Crippen LogP contribution in [0.25, 0.3) is 0 Å². The average Bonchev–Trinajstić information content (AvgIpc) is 2.92. The van der Waals surface area contributed by atoms with Crippen molar-refractivity contribution in [2.24, 2.45) is 0 Å². The number of amides is 1. The van der Waals surface area contributed by atoms with Crippen molar-refractivity contribution in [3.05, 3.63) is 24.0 Å². The Hall–Kier alpha value is -1.34. The fraction of sp³-hybridized carbons (Fsp3) is 0.545. The second-order valence-electron chi connectivity index (χ2n) is 4.18. The van der Waals surface area contributed by atoms with Crippen molar-refractivity contribution in [2.75, 3.05) is 31.9 Å². The predicted molar refractivity (Wildman–Crippen MR) is 67.7 cm³/mol. The van der Waals surface area contributed by atoms with Gasteiger partial charge in [-0.25, -0.2) is 8.42 Å². The van der Waals surface area contributed by atoms with Crippen molar-refractivity contribution in [3.8, 4) is 0 Å². The smallest absolute Gasteiger partial charge is 0.270 e. The van der Waals surface area contributed by atoms with Crippen molar-refractivity contribution in [3.63, 3.8) is 0 Å². The predicted octanol–water partition coefficient (Wildman–Crippen LogP) is 0.122. The maximum absolute atomic E-state index is 12.0. The van der Waals surface area contributed by atoms with E-state index in [9.17, 15) is 13.2 Å². The molecule has 1 fully saturated rings. The van der Waals surface area contributed by atoms with Crippen LogP contribution in [-0.4, -0.2) is 60.4 Å². The Morgan fingerprint density at radius 2 is 2.00 bits per heavy atom. The van der Waals surface area contributed by atoms with Crippen LogP contribution in [0.3, 0.4) is 0 Å². The van der Waals surface area contributed by atoms with Crippen molar-refractivity contribution >= 4 is 15.9 Å². The minimum Gasteiger partial charge on any atom is -0.357 e. The molecule has 18 heavy (non-hydrogen) atoms. The molecule has 0 radical (unpaired) electrons. The summed E-state index contributed by atoms with van der Waals surface area (Å²) in [7, 11) is -3.14. The van der Waals surface area contributed by atoms with Gasteiger partial charge in [-0.3, -0.25) is 4.79 Å². The highest BCUT2D eigenvalue weighted by molar-refractivity contribution is 7.89. The van der Waals surface area contributed by atoms with Crippen LogP contribution in [0.4, 0.5) is 0 Å². The molecular formula is C11H17N3O3S.